The molecule has 4 aliphatic heterocycles. The maximum atomic E-state index is 15.9. The molecular formula is C43H49F2N7O7S. The van der Waals surface area contributed by atoms with Crippen molar-refractivity contribution in [2.45, 2.75) is 69.2 Å². The Labute approximate surface area is 350 Å². The number of likely N-dealkylation sites (tertiary alicyclic amines) is 1. The number of pyridine rings is 1. The molecule has 0 unspecified atom stereocenters. The van der Waals surface area contributed by atoms with Crippen LogP contribution in [0.15, 0.2) is 47.4 Å². The number of nitrogens with zero attached hydrogens (tertiary/aromatic N) is 5. The number of hydrogen-bond donors (Lipinski definition) is 2. The number of aromatic nitrogens is 1. The summed E-state index contributed by atoms with van der Waals surface area (Å²) in [6.07, 6.45) is 3.54. The Bertz CT molecular complexity index is 2420. The number of benzene rings is 2. The molecule has 2 N–H and O–H groups in total. The minimum Gasteiger partial charge on any atom is -0.496 e. The molecule has 2 aromatic carbocycles. The molecule has 0 bridgehead atoms. The molecule has 0 saturated carbocycles. The number of imide groups is 1. The molecule has 8 rings (SSSR count). The second kappa shape index (κ2) is 16.2. The molecule has 4 amide bonds. The molecule has 4 aliphatic rings. The number of aryl methyl sites for hydroxylation is 1. The Morgan fingerprint density at radius 2 is 1.68 bits per heavy atom. The highest BCUT2D eigenvalue weighted by Crippen LogP contribution is 2.40. The summed E-state index contributed by atoms with van der Waals surface area (Å²) >= 11 is 1.09. The van der Waals surface area contributed by atoms with Gasteiger partial charge in [-0.3, -0.25) is 34.2 Å². The largest absolute Gasteiger partial charge is 0.496 e. The van der Waals surface area contributed by atoms with E-state index in [0.29, 0.717) is 90.3 Å². The van der Waals surface area contributed by atoms with Gasteiger partial charge in [0.25, 0.3) is 23.3 Å². The van der Waals surface area contributed by atoms with E-state index in [-0.39, 0.29) is 41.1 Å². The number of ether oxygens (including phenoxy) is 2. The lowest BCUT2D eigenvalue weighted by molar-refractivity contribution is -0.136. The monoisotopic (exact) mass is 845 g/mol. The van der Waals surface area contributed by atoms with Gasteiger partial charge in [0.05, 0.1) is 42.6 Å². The maximum Gasteiger partial charge on any atom is 0.280 e. The number of rotatable bonds is 10. The van der Waals surface area contributed by atoms with Gasteiger partial charge in [-0.15, -0.1) is 11.3 Å². The third-order valence-electron chi connectivity index (χ3n) is 12.3. The minimum atomic E-state index is -3.20. The molecule has 0 radical (unpaired) electrons. The number of amides is 4. The smallest absolute Gasteiger partial charge is 0.280 e. The Morgan fingerprint density at radius 3 is 2.33 bits per heavy atom. The molecule has 3 fully saturated rings. The number of piperidine rings is 3. The molecule has 2 atom stereocenters. The Balaban J connectivity index is 0.913. The number of nitrogens with one attached hydrogen (secondary N) is 2. The van der Waals surface area contributed by atoms with E-state index in [0.717, 1.165) is 28.2 Å². The first-order valence-electron chi connectivity index (χ1n) is 20.1. The number of thiophene rings is 1. The van der Waals surface area contributed by atoms with Crippen molar-refractivity contribution in [1.82, 2.24) is 29.9 Å². The summed E-state index contributed by atoms with van der Waals surface area (Å²) in [6, 6.07) is 8.79. The lowest BCUT2D eigenvalue weighted by Gasteiger charge is -2.45. The molecule has 17 heteroatoms. The number of alkyl halides is 2. The van der Waals surface area contributed by atoms with Crippen LogP contribution in [0.1, 0.15) is 63.3 Å². The number of fused-ring (bicyclic) bond motifs is 2. The molecule has 318 valence electrons. The molecular weight excluding hydrogens is 797 g/mol. The summed E-state index contributed by atoms with van der Waals surface area (Å²) in [5, 5.41) is 5.25. The van der Waals surface area contributed by atoms with Gasteiger partial charge in [0.1, 0.15) is 17.5 Å². The fourth-order valence-electron chi connectivity index (χ4n) is 9.09. The Kier molecular flexibility index (Phi) is 11.2. The van der Waals surface area contributed by atoms with E-state index in [9.17, 15) is 24.0 Å². The van der Waals surface area contributed by atoms with Crippen molar-refractivity contribution in [2.75, 3.05) is 59.4 Å². The van der Waals surface area contributed by atoms with Crippen LogP contribution in [-0.4, -0.2) is 121 Å². The number of carbonyl (C=O) groups excluding carboxylic acids is 4. The lowest BCUT2D eigenvalue weighted by Crippen LogP contribution is -2.61. The molecule has 3 saturated heterocycles. The molecule has 4 aromatic rings. The number of anilines is 1. The van der Waals surface area contributed by atoms with Crippen LogP contribution in [0, 0.1) is 0 Å². The van der Waals surface area contributed by atoms with Gasteiger partial charge in [0.2, 0.25) is 11.8 Å². The predicted octanol–water partition coefficient (Wildman–Crippen LogP) is 4.22. The van der Waals surface area contributed by atoms with Crippen LogP contribution in [0.4, 0.5) is 14.5 Å². The number of halogens is 2. The second-order valence-corrected chi connectivity index (χ2v) is 17.5. The van der Waals surface area contributed by atoms with Gasteiger partial charge in [-0.05, 0) is 81.2 Å². The first-order chi connectivity index (χ1) is 28.6. The molecule has 60 heavy (non-hydrogen) atoms. The van der Waals surface area contributed by atoms with Crippen LogP contribution in [0.5, 0.6) is 11.5 Å². The summed E-state index contributed by atoms with van der Waals surface area (Å²) in [5.74, 6) is -3.66. The van der Waals surface area contributed by atoms with Gasteiger partial charge < -0.3 is 34.1 Å². The van der Waals surface area contributed by atoms with Gasteiger partial charge in [-0.1, -0.05) is 6.07 Å². The van der Waals surface area contributed by atoms with E-state index >= 15 is 8.78 Å². The van der Waals surface area contributed by atoms with E-state index < -0.39 is 36.4 Å². The topological polar surface area (TPSA) is 146 Å². The average Bonchev–Trinajstić information content (AvgIpc) is 3.81. The van der Waals surface area contributed by atoms with Crippen molar-refractivity contribution in [1.29, 1.82) is 0 Å². The molecule has 14 nitrogen and oxygen atoms in total. The van der Waals surface area contributed by atoms with Gasteiger partial charge >= 0.3 is 0 Å². The fraction of sp³-hybridized carbons (Fsp3) is 0.465. The summed E-state index contributed by atoms with van der Waals surface area (Å²) in [4.78, 5) is 72.1. The summed E-state index contributed by atoms with van der Waals surface area (Å²) in [5.41, 5.74) is 4.16. The third kappa shape index (κ3) is 7.73. The standard InChI is InChI=1S/C43H49F2N7O7S/c1-48(2)21-31-33(58-4)16-25(17-34(31)59-5)30-22-49(3)41(56)29-19-35(60-38(29)30)40(55)46-36-12-15-51(23-43(36,44)45)26-10-13-50(14-11-26)27-7-6-24-20-52(42(57)28(24)18-27)32-8-9-37(53)47-39(32)54/h6-7,16-19,22,26,32,36H,8-15,20-21,23H2,1-5H3,(H,46,55)(H,47,53,54)/t32-,36+/m0/s1. The fourth-order valence-corrected chi connectivity index (χ4v) is 10.2. The molecule has 6 heterocycles. The summed E-state index contributed by atoms with van der Waals surface area (Å²) < 4.78 is 45.3. The van der Waals surface area contributed by atoms with Crippen molar-refractivity contribution < 1.29 is 37.4 Å². The van der Waals surface area contributed by atoms with Crippen LogP contribution >= 0.6 is 11.3 Å². The van der Waals surface area contributed by atoms with E-state index in [2.05, 4.69) is 15.5 Å². The highest BCUT2D eigenvalue weighted by molar-refractivity contribution is 7.21. The van der Waals surface area contributed by atoms with Crippen molar-refractivity contribution in [2.24, 2.45) is 7.05 Å². The van der Waals surface area contributed by atoms with Gasteiger partial charge in [-0.2, -0.15) is 0 Å². The molecule has 0 aliphatic carbocycles. The van der Waals surface area contributed by atoms with Crippen LogP contribution < -0.4 is 30.6 Å². The van der Waals surface area contributed by atoms with Gasteiger partial charge in [-0.25, -0.2) is 8.78 Å². The molecule has 2 aromatic heterocycles. The summed E-state index contributed by atoms with van der Waals surface area (Å²) in [6.45, 7) is 2.00. The quantitative estimate of drug-likeness (QED) is 0.223. The zero-order chi connectivity index (χ0) is 42.6. The van der Waals surface area contributed by atoms with Gasteiger partial charge in [0.15, 0.2) is 0 Å². The van der Waals surface area contributed by atoms with E-state index in [1.807, 2.05) is 54.2 Å². The van der Waals surface area contributed by atoms with Crippen LogP contribution in [0.2, 0.25) is 0 Å². The van der Waals surface area contributed by atoms with Crippen LogP contribution in [0.25, 0.3) is 21.2 Å². The van der Waals surface area contributed by atoms with E-state index in [4.69, 9.17) is 9.47 Å². The van der Waals surface area contributed by atoms with Crippen LogP contribution in [0.3, 0.4) is 0 Å². The average molecular weight is 846 g/mol. The molecule has 0 spiro atoms. The number of carbonyl (C=O) groups is 4. The second-order valence-electron chi connectivity index (χ2n) is 16.4. The van der Waals surface area contributed by atoms with Crippen LogP contribution in [-0.2, 0) is 29.7 Å². The zero-order valence-electron chi connectivity index (χ0n) is 34.3. The SMILES string of the molecule is COc1cc(-c2cn(C)c(=O)c3cc(C(=O)N[C@@H]4CCN(C5CCN(c6ccc7c(c6)C(=O)N([C@H]6CCC(=O)NC6=O)C7)CC5)CC4(F)F)sc23)cc(OC)c1CN(C)C. The lowest BCUT2D eigenvalue weighted by atomic mass is 9.95. The highest BCUT2D eigenvalue weighted by atomic mass is 32.1. The predicted molar refractivity (Wildman–Crippen MR) is 223 cm³/mol. The van der Waals surface area contributed by atoms with Crippen molar-refractivity contribution in [3.05, 3.63) is 74.5 Å². The summed E-state index contributed by atoms with van der Waals surface area (Å²) in [7, 11) is 8.67. The number of hydrogen-bond acceptors (Lipinski definition) is 11. The zero-order valence-corrected chi connectivity index (χ0v) is 35.1. The van der Waals surface area contributed by atoms with Crippen molar-refractivity contribution in [3.8, 4) is 22.6 Å². The minimum absolute atomic E-state index is 0.0619. The Morgan fingerprint density at radius 1 is 0.967 bits per heavy atom. The van der Waals surface area contributed by atoms with E-state index in [1.54, 1.807) is 27.5 Å². The first-order valence-corrected chi connectivity index (χ1v) is 21.0. The normalized spacial score (nSPS) is 21.1. The highest BCUT2D eigenvalue weighted by Gasteiger charge is 2.47. The van der Waals surface area contributed by atoms with Crippen molar-refractivity contribution in [3.63, 3.8) is 0 Å². The van der Waals surface area contributed by atoms with Gasteiger partial charge in [0, 0.05) is 79.9 Å². The maximum absolute atomic E-state index is 15.9. The third-order valence-corrected chi connectivity index (χ3v) is 13.4. The number of methoxy groups -OCH3 is 2. The first kappa shape index (κ1) is 41.3. The van der Waals surface area contributed by atoms with Crippen molar-refractivity contribution >= 4 is 50.7 Å². The van der Waals surface area contributed by atoms with E-state index in [1.165, 1.54) is 15.5 Å². The Hall–Kier alpha value is -5.39.